The van der Waals surface area contributed by atoms with E-state index in [1.165, 1.54) is 4.31 Å². The second-order valence-electron chi connectivity index (χ2n) is 8.37. The van der Waals surface area contributed by atoms with Gasteiger partial charge in [-0.05, 0) is 37.6 Å². The van der Waals surface area contributed by atoms with Gasteiger partial charge in [0, 0.05) is 30.8 Å². The Balaban J connectivity index is 1.44. The molecule has 0 saturated carbocycles. The summed E-state index contributed by atoms with van der Waals surface area (Å²) in [4.78, 5) is 12.9. The summed E-state index contributed by atoms with van der Waals surface area (Å²) in [5, 5.41) is 7.40. The summed E-state index contributed by atoms with van der Waals surface area (Å²) in [7, 11) is -2.04. The molecule has 1 saturated heterocycles. The quantitative estimate of drug-likeness (QED) is 0.512. The van der Waals surface area contributed by atoms with E-state index in [0.717, 1.165) is 16.9 Å². The van der Waals surface area contributed by atoms with E-state index in [-0.39, 0.29) is 10.8 Å². The number of morpholine rings is 1. The molecule has 1 fully saturated rings. The van der Waals surface area contributed by atoms with Crippen LogP contribution in [0.5, 0.6) is 5.75 Å². The highest BCUT2D eigenvalue weighted by Gasteiger charge is 2.32. The summed E-state index contributed by atoms with van der Waals surface area (Å²) in [5.74, 6) is 0.537. The summed E-state index contributed by atoms with van der Waals surface area (Å²) in [5.41, 5.74) is 3.40. The number of aromatic nitrogens is 2. The predicted octanol–water partition coefficient (Wildman–Crippen LogP) is 2.51. The lowest BCUT2D eigenvalue weighted by molar-refractivity contribution is 0.0730. The first-order valence-electron chi connectivity index (χ1n) is 11.4. The molecule has 3 aromatic rings. The number of nitrogens with zero attached hydrogens (tertiary/aromatic N) is 3. The molecule has 0 unspecified atom stereocenters. The molecule has 1 N–H and O–H groups in total. The maximum Gasteiger partial charge on any atom is 0.251 e. The van der Waals surface area contributed by atoms with Crippen LogP contribution in [0.3, 0.4) is 0 Å². The normalized spacial score (nSPS) is 14.6. The number of hydrogen-bond donors (Lipinski definition) is 1. The minimum absolute atomic E-state index is 0.188. The van der Waals surface area contributed by atoms with Gasteiger partial charge in [0.2, 0.25) is 10.0 Å². The zero-order valence-electron chi connectivity index (χ0n) is 20.2. The van der Waals surface area contributed by atoms with Gasteiger partial charge in [0.25, 0.3) is 5.91 Å². The van der Waals surface area contributed by atoms with E-state index in [1.807, 2.05) is 36.4 Å². The van der Waals surface area contributed by atoms with Crippen molar-refractivity contribution in [1.29, 1.82) is 0 Å². The molecule has 35 heavy (non-hydrogen) atoms. The molecule has 2 heterocycles. The van der Waals surface area contributed by atoms with E-state index < -0.39 is 10.0 Å². The van der Waals surface area contributed by atoms with Crippen LogP contribution in [0, 0.1) is 13.8 Å². The van der Waals surface area contributed by atoms with Crippen LogP contribution in [-0.4, -0.2) is 61.8 Å². The van der Waals surface area contributed by atoms with E-state index in [2.05, 4.69) is 10.4 Å². The van der Waals surface area contributed by atoms with Crippen LogP contribution in [0.15, 0.2) is 53.4 Å². The van der Waals surface area contributed by atoms with Gasteiger partial charge in [-0.25, -0.2) is 8.42 Å². The second kappa shape index (κ2) is 10.6. The molecule has 1 aliphatic heterocycles. The number of sulfonamides is 1. The largest absolute Gasteiger partial charge is 0.496 e. The molecule has 1 aliphatic rings. The number of para-hydroxylation sites is 1. The Bertz CT molecular complexity index is 1300. The molecular weight excluding hydrogens is 468 g/mol. The van der Waals surface area contributed by atoms with Crippen LogP contribution in [0.25, 0.3) is 0 Å². The fourth-order valence-corrected chi connectivity index (χ4v) is 5.97. The summed E-state index contributed by atoms with van der Waals surface area (Å²) in [6.45, 7) is 5.71. The molecule has 9 nitrogen and oxygen atoms in total. The average molecular weight is 499 g/mol. The predicted molar refractivity (Wildman–Crippen MR) is 131 cm³/mol. The van der Waals surface area contributed by atoms with Crippen molar-refractivity contribution in [2.24, 2.45) is 0 Å². The molecule has 1 aromatic heterocycles. The SMILES string of the molecule is COc1ccccc1CNC(=O)c1ccc(Cn2nc(C)c(S(=O)(=O)N3CCOCC3)c2C)cc1. The third kappa shape index (κ3) is 5.39. The van der Waals surface area contributed by atoms with Crippen LogP contribution >= 0.6 is 0 Å². The number of carbonyl (C=O) groups is 1. The number of aryl methyl sites for hydroxylation is 1. The number of hydrogen-bond acceptors (Lipinski definition) is 6. The highest BCUT2D eigenvalue weighted by atomic mass is 32.2. The van der Waals surface area contributed by atoms with Crippen LogP contribution in [0.1, 0.15) is 32.9 Å². The van der Waals surface area contributed by atoms with Gasteiger partial charge in [0.1, 0.15) is 10.6 Å². The van der Waals surface area contributed by atoms with Gasteiger partial charge in [0.15, 0.2) is 0 Å². The number of nitrogens with one attached hydrogen (secondary N) is 1. The Morgan fingerprint density at radius 2 is 1.77 bits per heavy atom. The molecule has 10 heteroatoms. The summed E-state index contributed by atoms with van der Waals surface area (Å²) < 4.78 is 40.1. The zero-order valence-corrected chi connectivity index (χ0v) is 21.0. The second-order valence-corrected chi connectivity index (χ2v) is 10.2. The zero-order chi connectivity index (χ0) is 25.0. The molecule has 2 aromatic carbocycles. The number of carbonyl (C=O) groups excluding carboxylic acids is 1. The number of benzene rings is 2. The Morgan fingerprint density at radius 1 is 1.09 bits per heavy atom. The lowest BCUT2D eigenvalue weighted by Gasteiger charge is -2.26. The van der Waals surface area contributed by atoms with Crippen molar-refractivity contribution in [2.45, 2.75) is 31.8 Å². The fraction of sp³-hybridized carbons (Fsp3) is 0.360. The van der Waals surface area contributed by atoms with Crippen molar-refractivity contribution in [3.63, 3.8) is 0 Å². The first-order valence-corrected chi connectivity index (χ1v) is 12.9. The average Bonchev–Trinajstić information content (AvgIpc) is 3.16. The highest BCUT2D eigenvalue weighted by molar-refractivity contribution is 7.89. The Morgan fingerprint density at radius 3 is 2.46 bits per heavy atom. The molecule has 186 valence electrons. The number of ether oxygens (including phenoxy) is 2. The van der Waals surface area contributed by atoms with Crippen molar-refractivity contribution in [3.8, 4) is 5.75 Å². The first kappa shape index (κ1) is 24.9. The van der Waals surface area contributed by atoms with E-state index in [0.29, 0.717) is 56.3 Å². The monoisotopic (exact) mass is 498 g/mol. The van der Waals surface area contributed by atoms with Crippen molar-refractivity contribution in [1.82, 2.24) is 19.4 Å². The maximum atomic E-state index is 13.2. The molecule has 0 atom stereocenters. The lowest BCUT2D eigenvalue weighted by Crippen LogP contribution is -2.41. The van der Waals surface area contributed by atoms with Crippen molar-refractivity contribution < 1.29 is 22.7 Å². The van der Waals surface area contributed by atoms with Crippen molar-refractivity contribution in [2.75, 3.05) is 33.4 Å². The van der Waals surface area contributed by atoms with E-state index in [9.17, 15) is 13.2 Å². The van der Waals surface area contributed by atoms with Gasteiger partial charge in [-0.2, -0.15) is 9.40 Å². The third-order valence-electron chi connectivity index (χ3n) is 6.06. The molecule has 0 spiro atoms. The Labute approximate surface area is 205 Å². The van der Waals surface area contributed by atoms with Gasteiger partial charge >= 0.3 is 0 Å². The van der Waals surface area contributed by atoms with Gasteiger partial charge in [0.05, 0.1) is 38.3 Å². The summed E-state index contributed by atoms with van der Waals surface area (Å²) in [6.07, 6.45) is 0. The molecular formula is C25H30N4O5S. The molecule has 4 rings (SSSR count). The molecule has 0 bridgehead atoms. The maximum absolute atomic E-state index is 13.2. The van der Waals surface area contributed by atoms with Gasteiger partial charge in [-0.15, -0.1) is 0 Å². The van der Waals surface area contributed by atoms with Crippen LogP contribution in [-0.2, 0) is 27.8 Å². The van der Waals surface area contributed by atoms with Crippen molar-refractivity contribution in [3.05, 3.63) is 76.6 Å². The van der Waals surface area contributed by atoms with Crippen LogP contribution in [0.4, 0.5) is 0 Å². The molecule has 1 amide bonds. The molecule has 0 radical (unpaired) electrons. The standard InChI is InChI=1S/C25H30N4O5S/c1-18-24(35(31,32)28-12-14-34-15-13-28)19(2)29(27-18)17-20-8-10-21(11-9-20)25(30)26-16-22-6-4-5-7-23(22)33-3/h4-11H,12-17H2,1-3H3,(H,26,30). The summed E-state index contributed by atoms with van der Waals surface area (Å²) in [6, 6.07) is 14.8. The number of methoxy groups -OCH3 is 1. The number of amides is 1. The fourth-order valence-electron chi connectivity index (χ4n) is 4.18. The Kier molecular flexibility index (Phi) is 7.54. The minimum Gasteiger partial charge on any atom is -0.496 e. The first-order chi connectivity index (χ1) is 16.8. The minimum atomic E-state index is -3.64. The van der Waals surface area contributed by atoms with Gasteiger partial charge < -0.3 is 14.8 Å². The topological polar surface area (TPSA) is 103 Å². The Hall–Kier alpha value is -3.21. The molecule has 0 aliphatic carbocycles. The lowest BCUT2D eigenvalue weighted by atomic mass is 10.1. The van der Waals surface area contributed by atoms with E-state index in [1.54, 1.807) is 37.8 Å². The van der Waals surface area contributed by atoms with Crippen LogP contribution < -0.4 is 10.1 Å². The summed E-state index contributed by atoms with van der Waals surface area (Å²) >= 11 is 0. The van der Waals surface area contributed by atoms with Gasteiger partial charge in [-0.1, -0.05) is 30.3 Å². The van der Waals surface area contributed by atoms with Crippen molar-refractivity contribution >= 4 is 15.9 Å². The van der Waals surface area contributed by atoms with Crippen LogP contribution in [0.2, 0.25) is 0 Å². The number of rotatable bonds is 8. The third-order valence-corrected chi connectivity index (χ3v) is 8.22. The smallest absolute Gasteiger partial charge is 0.251 e. The van der Waals surface area contributed by atoms with E-state index >= 15 is 0 Å². The van der Waals surface area contributed by atoms with E-state index in [4.69, 9.17) is 9.47 Å². The van der Waals surface area contributed by atoms with Gasteiger partial charge in [-0.3, -0.25) is 9.48 Å². The highest BCUT2D eigenvalue weighted by Crippen LogP contribution is 2.25.